The summed E-state index contributed by atoms with van der Waals surface area (Å²) in [6.45, 7) is 3.44. The van der Waals surface area contributed by atoms with Crippen molar-refractivity contribution in [1.82, 2.24) is 14.6 Å². The highest BCUT2D eigenvalue weighted by Gasteiger charge is 2.30. The largest absolute Gasteiger partial charge is 0.360 e. The smallest absolute Gasteiger partial charge is 0.264 e. The fourth-order valence-corrected chi connectivity index (χ4v) is 5.47. The standard InChI is InChI=1S/C22H24ClN3O3/c1-13-19-21(24-29-13)20-16(23)7-3-8-17(20)26(22(19)28)15-6-2-5-14(11-15)12-25-10-4-9-18(25)27/h3,7-8,14-15H,2,4-6,9-12H2,1H3. The van der Waals surface area contributed by atoms with Gasteiger partial charge in [-0.2, -0.15) is 0 Å². The number of benzene rings is 1. The average Bonchev–Trinajstić information content (AvgIpc) is 3.28. The van der Waals surface area contributed by atoms with Crippen LogP contribution in [0.15, 0.2) is 27.5 Å². The van der Waals surface area contributed by atoms with Gasteiger partial charge in [0.15, 0.2) is 0 Å². The minimum absolute atomic E-state index is 0.0589. The molecule has 2 atom stereocenters. The fraction of sp³-hybridized carbons (Fsp3) is 0.500. The zero-order chi connectivity index (χ0) is 20.1. The highest BCUT2D eigenvalue weighted by molar-refractivity contribution is 6.37. The third-order valence-corrected chi connectivity index (χ3v) is 6.87. The number of fused-ring (bicyclic) bond motifs is 3. The molecule has 1 amide bonds. The van der Waals surface area contributed by atoms with Gasteiger partial charge in [-0.1, -0.05) is 29.2 Å². The maximum absolute atomic E-state index is 13.5. The van der Waals surface area contributed by atoms with Gasteiger partial charge in [0.2, 0.25) is 5.91 Å². The lowest BCUT2D eigenvalue weighted by Gasteiger charge is -2.33. The summed E-state index contributed by atoms with van der Waals surface area (Å²) in [6, 6.07) is 5.73. The Morgan fingerprint density at radius 1 is 1.21 bits per heavy atom. The van der Waals surface area contributed by atoms with Crippen LogP contribution < -0.4 is 5.56 Å². The van der Waals surface area contributed by atoms with E-state index in [2.05, 4.69) is 5.16 Å². The summed E-state index contributed by atoms with van der Waals surface area (Å²) in [5.41, 5.74) is 1.29. The molecule has 1 aromatic carbocycles. The summed E-state index contributed by atoms with van der Waals surface area (Å²) in [5.74, 6) is 1.20. The number of aryl methyl sites for hydroxylation is 1. The van der Waals surface area contributed by atoms with Gasteiger partial charge in [0.05, 0.1) is 10.5 Å². The predicted octanol–water partition coefficient (Wildman–Crippen LogP) is 4.46. The zero-order valence-corrected chi connectivity index (χ0v) is 17.2. The zero-order valence-electron chi connectivity index (χ0n) is 16.5. The number of halogens is 1. The molecule has 7 heteroatoms. The second-order valence-corrected chi connectivity index (χ2v) is 8.81. The van der Waals surface area contributed by atoms with E-state index in [4.69, 9.17) is 16.1 Å². The topological polar surface area (TPSA) is 68.3 Å². The van der Waals surface area contributed by atoms with Crippen LogP contribution in [-0.2, 0) is 4.79 Å². The number of hydrogen-bond donors (Lipinski definition) is 0. The van der Waals surface area contributed by atoms with Gasteiger partial charge in [0.25, 0.3) is 5.56 Å². The Morgan fingerprint density at radius 3 is 2.86 bits per heavy atom. The molecule has 29 heavy (non-hydrogen) atoms. The van der Waals surface area contributed by atoms with Gasteiger partial charge in [-0.3, -0.25) is 9.59 Å². The van der Waals surface area contributed by atoms with E-state index >= 15 is 0 Å². The molecule has 5 rings (SSSR count). The molecule has 6 nitrogen and oxygen atoms in total. The van der Waals surface area contributed by atoms with Gasteiger partial charge in [-0.25, -0.2) is 0 Å². The molecule has 152 valence electrons. The summed E-state index contributed by atoms with van der Waals surface area (Å²) in [4.78, 5) is 27.6. The van der Waals surface area contributed by atoms with E-state index in [0.717, 1.165) is 56.1 Å². The second-order valence-electron chi connectivity index (χ2n) is 8.40. The lowest BCUT2D eigenvalue weighted by atomic mass is 9.85. The van der Waals surface area contributed by atoms with Crippen LogP contribution in [-0.4, -0.2) is 33.6 Å². The first kappa shape index (κ1) is 18.7. The quantitative estimate of drug-likeness (QED) is 0.635. The number of carbonyl (C=O) groups is 1. The summed E-state index contributed by atoms with van der Waals surface area (Å²) in [5, 5.41) is 5.99. The van der Waals surface area contributed by atoms with Crippen LogP contribution in [0, 0.1) is 12.8 Å². The lowest BCUT2D eigenvalue weighted by molar-refractivity contribution is -0.128. The van der Waals surface area contributed by atoms with Crippen molar-refractivity contribution >= 4 is 39.3 Å². The SMILES string of the molecule is Cc1onc2c1c(=O)n(C1CCCC(CN3CCCC3=O)C1)c1cccc(Cl)c21. The van der Waals surface area contributed by atoms with Gasteiger partial charge in [0.1, 0.15) is 16.7 Å². The molecule has 2 aliphatic rings. The number of amides is 1. The van der Waals surface area contributed by atoms with E-state index < -0.39 is 0 Å². The van der Waals surface area contributed by atoms with Crippen molar-refractivity contribution in [2.24, 2.45) is 5.92 Å². The molecule has 3 heterocycles. The third kappa shape index (κ3) is 3.05. The lowest BCUT2D eigenvalue weighted by Crippen LogP contribution is -2.35. The summed E-state index contributed by atoms with van der Waals surface area (Å²) >= 11 is 6.53. The van der Waals surface area contributed by atoms with Crippen molar-refractivity contribution in [3.63, 3.8) is 0 Å². The van der Waals surface area contributed by atoms with E-state index in [1.165, 1.54) is 0 Å². The third-order valence-electron chi connectivity index (χ3n) is 6.55. The Bertz CT molecular complexity index is 1170. The molecule has 0 radical (unpaired) electrons. The van der Waals surface area contributed by atoms with E-state index in [-0.39, 0.29) is 17.5 Å². The Labute approximate surface area is 173 Å². The van der Waals surface area contributed by atoms with Crippen LogP contribution in [0.1, 0.15) is 50.3 Å². The first-order chi connectivity index (χ1) is 14.0. The van der Waals surface area contributed by atoms with Crippen molar-refractivity contribution in [3.05, 3.63) is 39.3 Å². The number of hydrogen-bond acceptors (Lipinski definition) is 4. The van der Waals surface area contributed by atoms with Crippen LogP contribution in [0.3, 0.4) is 0 Å². The number of likely N-dealkylation sites (tertiary alicyclic amines) is 1. The molecule has 1 aliphatic heterocycles. The number of pyridine rings is 1. The Balaban J connectivity index is 1.59. The molecule has 0 bridgehead atoms. The molecule has 3 aromatic rings. The van der Waals surface area contributed by atoms with Crippen LogP contribution >= 0.6 is 11.6 Å². The first-order valence-electron chi connectivity index (χ1n) is 10.4. The van der Waals surface area contributed by atoms with E-state index in [0.29, 0.717) is 34.0 Å². The first-order valence-corrected chi connectivity index (χ1v) is 10.8. The van der Waals surface area contributed by atoms with Gasteiger partial charge in [0, 0.05) is 30.9 Å². The van der Waals surface area contributed by atoms with Gasteiger partial charge < -0.3 is 14.0 Å². The Hall–Kier alpha value is -2.34. The van der Waals surface area contributed by atoms with Crippen molar-refractivity contribution in [1.29, 1.82) is 0 Å². The van der Waals surface area contributed by atoms with E-state index in [1.807, 2.05) is 27.7 Å². The molecule has 1 saturated heterocycles. The Kier molecular flexibility index (Phi) is 4.62. The molecule has 0 spiro atoms. The molecule has 1 saturated carbocycles. The number of carbonyl (C=O) groups excluding carboxylic acids is 1. The molecule has 2 fully saturated rings. The Morgan fingerprint density at radius 2 is 2.07 bits per heavy atom. The number of nitrogens with zero attached hydrogens (tertiary/aromatic N) is 3. The van der Waals surface area contributed by atoms with Crippen molar-refractivity contribution in [2.45, 2.75) is 51.5 Å². The summed E-state index contributed by atoms with van der Waals surface area (Å²) < 4.78 is 7.27. The summed E-state index contributed by atoms with van der Waals surface area (Å²) in [7, 11) is 0. The second kappa shape index (κ2) is 7.17. The number of aromatic nitrogens is 2. The number of rotatable bonds is 3. The van der Waals surface area contributed by atoms with Crippen molar-refractivity contribution in [3.8, 4) is 0 Å². The molecule has 2 unspecified atom stereocenters. The highest BCUT2D eigenvalue weighted by atomic mass is 35.5. The van der Waals surface area contributed by atoms with Gasteiger partial charge >= 0.3 is 0 Å². The van der Waals surface area contributed by atoms with Crippen LogP contribution in [0.4, 0.5) is 0 Å². The minimum Gasteiger partial charge on any atom is -0.360 e. The van der Waals surface area contributed by atoms with Gasteiger partial charge in [-0.05, 0) is 50.7 Å². The van der Waals surface area contributed by atoms with Crippen LogP contribution in [0.25, 0.3) is 21.8 Å². The maximum atomic E-state index is 13.5. The highest BCUT2D eigenvalue weighted by Crippen LogP contribution is 2.37. The van der Waals surface area contributed by atoms with Crippen LogP contribution in [0.2, 0.25) is 5.02 Å². The van der Waals surface area contributed by atoms with Crippen molar-refractivity contribution < 1.29 is 9.32 Å². The van der Waals surface area contributed by atoms with Gasteiger partial charge in [-0.15, -0.1) is 0 Å². The normalized spacial score (nSPS) is 22.8. The molecular weight excluding hydrogens is 390 g/mol. The van der Waals surface area contributed by atoms with E-state index in [9.17, 15) is 9.59 Å². The summed E-state index contributed by atoms with van der Waals surface area (Å²) in [6.07, 6.45) is 5.61. The van der Waals surface area contributed by atoms with E-state index in [1.54, 1.807) is 6.92 Å². The molecule has 0 N–H and O–H groups in total. The fourth-order valence-electron chi connectivity index (χ4n) is 5.21. The maximum Gasteiger partial charge on any atom is 0.264 e. The molecule has 2 aromatic heterocycles. The monoisotopic (exact) mass is 413 g/mol. The minimum atomic E-state index is -0.0589. The molecular formula is C22H24ClN3O3. The van der Waals surface area contributed by atoms with Crippen molar-refractivity contribution in [2.75, 3.05) is 13.1 Å². The average molecular weight is 414 g/mol. The predicted molar refractivity (Wildman–Crippen MR) is 112 cm³/mol. The molecule has 1 aliphatic carbocycles. The van der Waals surface area contributed by atoms with Crippen LogP contribution in [0.5, 0.6) is 0 Å².